The van der Waals surface area contributed by atoms with Gasteiger partial charge in [0.05, 0.1) is 23.0 Å². The van der Waals surface area contributed by atoms with Crippen LogP contribution in [0.25, 0.3) is 22.4 Å². The van der Waals surface area contributed by atoms with Gasteiger partial charge in [0.1, 0.15) is 0 Å². The molecule has 5 rings (SSSR count). The van der Waals surface area contributed by atoms with Gasteiger partial charge in [-0.25, -0.2) is 9.97 Å². The largest absolute Gasteiger partial charge is 0.381 e. The van der Waals surface area contributed by atoms with E-state index in [1.165, 1.54) is 0 Å². The fourth-order valence-electron chi connectivity index (χ4n) is 4.33. The molecule has 0 radical (unpaired) electrons. The zero-order valence-electron chi connectivity index (χ0n) is 18.6. The van der Waals surface area contributed by atoms with Gasteiger partial charge in [-0.05, 0) is 36.1 Å². The molecule has 7 heteroatoms. The van der Waals surface area contributed by atoms with E-state index < -0.39 is 5.41 Å². The lowest BCUT2D eigenvalue weighted by molar-refractivity contribution is -0.125. The summed E-state index contributed by atoms with van der Waals surface area (Å²) >= 11 is 0. The number of nitrogen functional groups attached to an aromatic ring is 1. The lowest BCUT2D eigenvalue weighted by Crippen LogP contribution is -2.44. The zero-order valence-corrected chi connectivity index (χ0v) is 18.6. The molecule has 0 bridgehead atoms. The fourth-order valence-corrected chi connectivity index (χ4v) is 4.33. The van der Waals surface area contributed by atoms with Gasteiger partial charge in [0.2, 0.25) is 11.9 Å². The molecule has 1 aliphatic rings. The van der Waals surface area contributed by atoms with Gasteiger partial charge in [0.15, 0.2) is 0 Å². The summed E-state index contributed by atoms with van der Waals surface area (Å²) in [5.74, 6) is 0.193. The van der Waals surface area contributed by atoms with Gasteiger partial charge >= 0.3 is 0 Å². The quantitative estimate of drug-likeness (QED) is 0.464. The number of nitrogens with two attached hydrogens (primary N) is 1. The van der Waals surface area contributed by atoms with E-state index in [2.05, 4.69) is 20.3 Å². The zero-order chi connectivity index (χ0) is 23.4. The highest BCUT2D eigenvalue weighted by atomic mass is 16.5. The van der Waals surface area contributed by atoms with E-state index in [0.29, 0.717) is 31.7 Å². The van der Waals surface area contributed by atoms with Crippen molar-refractivity contribution >= 4 is 17.5 Å². The lowest BCUT2D eigenvalue weighted by Gasteiger charge is -2.36. The van der Waals surface area contributed by atoms with Crippen LogP contribution in [0.5, 0.6) is 0 Å². The van der Waals surface area contributed by atoms with Crippen molar-refractivity contribution in [1.82, 2.24) is 15.0 Å². The lowest BCUT2D eigenvalue weighted by atomic mass is 9.73. The summed E-state index contributed by atoms with van der Waals surface area (Å²) in [7, 11) is 0. The van der Waals surface area contributed by atoms with Crippen molar-refractivity contribution in [3.63, 3.8) is 0 Å². The first-order chi connectivity index (χ1) is 16.6. The number of aromatic nitrogens is 3. The summed E-state index contributed by atoms with van der Waals surface area (Å²) in [5, 5.41) is 3.09. The Morgan fingerprint density at radius 1 is 0.794 bits per heavy atom. The first-order valence-electron chi connectivity index (χ1n) is 11.2. The molecule has 34 heavy (non-hydrogen) atoms. The highest BCUT2D eigenvalue weighted by Gasteiger charge is 2.41. The summed E-state index contributed by atoms with van der Waals surface area (Å²) in [6.07, 6.45) is 6.32. The first-order valence-corrected chi connectivity index (χ1v) is 11.2. The molecule has 4 aromatic rings. The molecule has 3 heterocycles. The number of anilines is 2. The third-order valence-electron chi connectivity index (χ3n) is 6.31. The van der Waals surface area contributed by atoms with Crippen LogP contribution >= 0.6 is 0 Å². The molecule has 0 aliphatic carbocycles. The van der Waals surface area contributed by atoms with Crippen LogP contribution in [-0.4, -0.2) is 34.1 Å². The third kappa shape index (κ3) is 4.38. The predicted octanol–water partition coefficient (Wildman–Crippen LogP) is 4.47. The van der Waals surface area contributed by atoms with Crippen LogP contribution in [0.4, 0.5) is 11.6 Å². The summed E-state index contributed by atoms with van der Waals surface area (Å²) in [5.41, 5.74) is 10.3. The highest BCUT2D eigenvalue weighted by molar-refractivity contribution is 5.99. The van der Waals surface area contributed by atoms with E-state index in [4.69, 9.17) is 10.5 Å². The number of hydrogen-bond donors (Lipinski definition) is 2. The van der Waals surface area contributed by atoms with Crippen molar-refractivity contribution in [3.8, 4) is 22.4 Å². The Kier molecular flexibility index (Phi) is 6.01. The standard InChI is InChI=1S/C27H25N5O2/c28-26-30-16-21(17-31-26)19-6-8-22(9-7-19)27(12-14-34-15-13-27)25(33)32-23-10-11-24(29-18-23)20-4-2-1-3-5-20/h1-11,16-18H,12-15H2,(H,32,33)(H2,28,30,31). The SMILES string of the molecule is Nc1ncc(-c2ccc(C3(C(=O)Nc4ccc(-c5ccccc5)nc4)CCOCC3)cc2)cn1. The monoisotopic (exact) mass is 451 g/mol. The molecule has 2 aromatic carbocycles. The Morgan fingerprint density at radius 3 is 2.15 bits per heavy atom. The molecule has 0 saturated carbocycles. The molecule has 0 unspecified atom stereocenters. The minimum atomic E-state index is -0.674. The van der Waals surface area contributed by atoms with E-state index in [9.17, 15) is 4.79 Å². The Morgan fingerprint density at radius 2 is 1.50 bits per heavy atom. The third-order valence-corrected chi connectivity index (χ3v) is 6.31. The van der Waals surface area contributed by atoms with E-state index in [1.54, 1.807) is 18.6 Å². The van der Waals surface area contributed by atoms with Gasteiger partial charge in [-0.3, -0.25) is 9.78 Å². The molecule has 2 aromatic heterocycles. The number of amides is 1. The maximum absolute atomic E-state index is 13.6. The van der Waals surface area contributed by atoms with Crippen LogP contribution < -0.4 is 11.1 Å². The Bertz CT molecular complexity index is 1250. The minimum Gasteiger partial charge on any atom is -0.381 e. The number of pyridine rings is 1. The fraction of sp³-hybridized carbons (Fsp3) is 0.185. The molecule has 1 fully saturated rings. The van der Waals surface area contributed by atoms with Crippen molar-refractivity contribution in [2.45, 2.75) is 18.3 Å². The van der Waals surface area contributed by atoms with Gasteiger partial charge in [0.25, 0.3) is 0 Å². The summed E-state index contributed by atoms with van der Waals surface area (Å²) in [6.45, 7) is 1.07. The molecule has 7 nitrogen and oxygen atoms in total. The number of ether oxygens (including phenoxy) is 1. The molecule has 0 spiro atoms. The molecular formula is C27H25N5O2. The van der Waals surface area contributed by atoms with E-state index in [1.807, 2.05) is 66.7 Å². The van der Waals surface area contributed by atoms with E-state index in [0.717, 1.165) is 27.9 Å². The number of nitrogens with one attached hydrogen (secondary N) is 1. The van der Waals surface area contributed by atoms with Crippen molar-refractivity contribution in [1.29, 1.82) is 0 Å². The predicted molar refractivity (Wildman–Crippen MR) is 132 cm³/mol. The number of carbonyl (C=O) groups excluding carboxylic acids is 1. The molecule has 170 valence electrons. The second-order valence-electron chi connectivity index (χ2n) is 8.35. The average Bonchev–Trinajstić information content (AvgIpc) is 2.90. The number of nitrogens with zero attached hydrogens (tertiary/aromatic N) is 3. The molecular weight excluding hydrogens is 426 g/mol. The number of benzene rings is 2. The highest BCUT2D eigenvalue weighted by Crippen LogP contribution is 2.37. The van der Waals surface area contributed by atoms with Crippen LogP contribution in [0.1, 0.15) is 18.4 Å². The van der Waals surface area contributed by atoms with Gasteiger partial charge in [-0.2, -0.15) is 0 Å². The van der Waals surface area contributed by atoms with Gasteiger partial charge in [0, 0.05) is 36.7 Å². The summed E-state index contributed by atoms with van der Waals surface area (Å²) in [4.78, 5) is 26.3. The Labute approximate surface area is 198 Å². The van der Waals surface area contributed by atoms with Crippen LogP contribution in [0.15, 0.2) is 85.3 Å². The van der Waals surface area contributed by atoms with Gasteiger partial charge in [-0.1, -0.05) is 54.6 Å². The number of carbonyl (C=O) groups is 1. The van der Waals surface area contributed by atoms with Crippen molar-refractivity contribution in [3.05, 3.63) is 90.9 Å². The number of rotatable bonds is 5. The Balaban J connectivity index is 1.38. The smallest absolute Gasteiger partial charge is 0.235 e. The second-order valence-corrected chi connectivity index (χ2v) is 8.35. The maximum atomic E-state index is 13.6. The average molecular weight is 452 g/mol. The minimum absolute atomic E-state index is 0.0476. The van der Waals surface area contributed by atoms with Gasteiger partial charge < -0.3 is 15.8 Å². The molecule has 0 atom stereocenters. The number of hydrogen-bond acceptors (Lipinski definition) is 6. The van der Waals surface area contributed by atoms with E-state index >= 15 is 0 Å². The van der Waals surface area contributed by atoms with Crippen molar-refractivity contribution in [2.75, 3.05) is 24.3 Å². The first kappa shape index (κ1) is 21.7. The second kappa shape index (κ2) is 9.41. The molecule has 1 amide bonds. The summed E-state index contributed by atoms with van der Waals surface area (Å²) < 4.78 is 5.59. The normalized spacial score (nSPS) is 14.9. The summed E-state index contributed by atoms with van der Waals surface area (Å²) in [6, 6.07) is 21.8. The van der Waals surface area contributed by atoms with Crippen LogP contribution in [0, 0.1) is 0 Å². The van der Waals surface area contributed by atoms with Crippen LogP contribution in [-0.2, 0) is 14.9 Å². The van der Waals surface area contributed by atoms with Crippen molar-refractivity contribution < 1.29 is 9.53 Å². The topological polar surface area (TPSA) is 103 Å². The molecule has 1 saturated heterocycles. The maximum Gasteiger partial charge on any atom is 0.235 e. The van der Waals surface area contributed by atoms with Gasteiger partial charge in [-0.15, -0.1) is 0 Å². The Hall–Kier alpha value is -4.10. The van der Waals surface area contributed by atoms with E-state index in [-0.39, 0.29) is 11.9 Å². The van der Waals surface area contributed by atoms with Crippen LogP contribution in [0.2, 0.25) is 0 Å². The molecule has 3 N–H and O–H groups in total. The van der Waals surface area contributed by atoms with Crippen molar-refractivity contribution in [2.24, 2.45) is 0 Å². The van der Waals surface area contributed by atoms with Crippen LogP contribution in [0.3, 0.4) is 0 Å². The molecule has 1 aliphatic heterocycles.